The molecule has 0 unspecified atom stereocenters. The number of hydrazine groups is 1. The van der Waals surface area contributed by atoms with Crippen molar-refractivity contribution in [2.24, 2.45) is 5.41 Å². The van der Waals surface area contributed by atoms with E-state index in [-0.39, 0.29) is 0 Å². The Labute approximate surface area is 87.2 Å². The Kier molecular flexibility index (Phi) is 2.04. The number of barbiturate groups is 1. The van der Waals surface area contributed by atoms with Gasteiger partial charge < -0.3 is 0 Å². The van der Waals surface area contributed by atoms with E-state index in [4.69, 9.17) is 0 Å². The highest BCUT2D eigenvalue weighted by Crippen LogP contribution is 2.44. The number of amides is 4. The molecular weight excluding hydrogens is 198 g/mol. The first-order chi connectivity index (χ1) is 6.99. The van der Waals surface area contributed by atoms with E-state index in [2.05, 4.69) is 5.32 Å². The molecule has 2 rings (SSSR count). The minimum Gasteiger partial charge on any atom is -0.275 e. The Morgan fingerprint density at radius 3 is 2.27 bits per heavy atom. The summed E-state index contributed by atoms with van der Waals surface area (Å²) in [5.41, 5.74) is -0.974. The van der Waals surface area contributed by atoms with E-state index in [1.807, 2.05) is 0 Å². The maximum atomic E-state index is 12.0. The van der Waals surface area contributed by atoms with Crippen LogP contribution in [0.25, 0.3) is 0 Å². The first kappa shape index (κ1) is 10.1. The molecule has 15 heavy (non-hydrogen) atoms. The molecule has 0 aromatic carbocycles. The third-order valence-electron chi connectivity index (χ3n) is 3.06. The molecule has 1 N–H and O–H groups in total. The van der Waals surface area contributed by atoms with Gasteiger partial charge in [-0.3, -0.25) is 14.9 Å². The fourth-order valence-corrected chi connectivity index (χ4v) is 2.00. The van der Waals surface area contributed by atoms with Crippen LogP contribution in [-0.4, -0.2) is 42.0 Å². The Morgan fingerprint density at radius 1 is 1.27 bits per heavy atom. The highest BCUT2D eigenvalue weighted by atomic mass is 16.2. The lowest BCUT2D eigenvalue weighted by molar-refractivity contribution is -0.166. The van der Waals surface area contributed by atoms with E-state index >= 15 is 0 Å². The summed E-state index contributed by atoms with van der Waals surface area (Å²) in [5.74, 6) is -0.839. The van der Waals surface area contributed by atoms with E-state index in [0.717, 1.165) is 11.4 Å². The number of nitrogens with one attached hydrogen (secondary N) is 1. The lowest BCUT2D eigenvalue weighted by atomic mass is 9.66. The van der Waals surface area contributed by atoms with Crippen molar-refractivity contribution in [2.45, 2.75) is 19.3 Å². The second kappa shape index (κ2) is 3.03. The first-order valence-corrected chi connectivity index (χ1v) is 4.86. The highest BCUT2D eigenvalue weighted by Gasteiger charge is 2.57. The van der Waals surface area contributed by atoms with Gasteiger partial charge in [0.25, 0.3) is 5.91 Å². The largest absolute Gasteiger partial charge is 0.345 e. The highest BCUT2D eigenvalue weighted by molar-refractivity contribution is 6.19. The molecule has 6 heteroatoms. The molecule has 1 saturated carbocycles. The van der Waals surface area contributed by atoms with Crippen molar-refractivity contribution in [2.75, 3.05) is 14.1 Å². The van der Waals surface area contributed by atoms with Gasteiger partial charge in [0.1, 0.15) is 5.41 Å². The third kappa shape index (κ3) is 1.18. The minimum atomic E-state index is -0.974. The summed E-state index contributed by atoms with van der Waals surface area (Å²) >= 11 is 0. The second-order valence-corrected chi connectivity index (χ2v) is 4.16. The Bertz CT molecular complexity index is 347. The number of rotatable bonds is 1. The molecule has 82 valence electrons. The predicted octanol–water partition coefficient (Wildman–Crippen LogP) is -0.288. The van der Waals surface area contributed by atoms with Crippen LogP contribution >= 0.6 is 0 Å². The molecule has 2 fully saturated rings. The van der Waals surface area contributed by atoms with Gasteiger partial charge >= 0.3 is 6.03 Å². The Hall–Kier alpha value is -1.43. The molecule has 4 amide bonds. The average Bonchev–Trinajstić information content (AvgIpc) is 1.98. The molecule has 0 aromatic rings. The van der Waals surface area contributed by atoms with Crippen molar-refractivity contribution < 1.29 is 14.4 Å². The van der Waals surface area contributed by atoms with Gasteiger partial charge in [-0.05, 0) is 12.8 Å². The van der Waals surface area contributed by atoms with Gasteiger partial charge in [0.2, 0.25) is 5.91 Å². The molecule has 1 spiro atoms. The molecule has 1 heterocycles. The summed E-state index contributed by atoms with van der Waals surface area (Å²) in [6.45, 7) is 0. The van der Waals surface area contributed by atoms with Crippen LogP contribution in [0.15, 0.2) is 0 Å². The smallest absolute Gasteiger partial charge is 0.275 e. The van der Waals surface area contributed by atoms with Crippen molar-refractivity contribution >= 4 is 17.8 Å². The van der Waals surface area contributed by atoms with Gasteiger partial charge in [-0.15, -0.1) is 0 Å². The average molecular weight is 211 g/mol. The zero-order chi connectivity index (χ0) is 11.2. The lowest BCUT2D eigenvalue weighted by Gasteiger charge is -2.45. The lowest BCUT2D eigenvalue weighted by Crippen LogP contribution is -2.68. The molecule has 1 aliphatic carbocycles. The second-order valence-electron chi connectivity index (χ2n) is 4.16. The monoisotopic (exact) mass is 211 g/mol. The number of urea groups is 1. The van der Waals surface area contributed by atoms with Crippen LogP contribution in [0.1, 0.15) is 19.3 Å². The van der Waals surface area contributed by atoms with Gasteiger partial charge in [0.15, 0.2) is 0 Å². The van der Waals surface area contributed by atoms with Crippen LogP contribution in [0.4, 0.5) is 4.79 Å². The topological polar surface area (TPSA) is 69.7 Å². The number of nitrogens with zero attached hydrogens (tertiary/aromatic N) is 2. The van der Waals surface area contributed by atoms with Crippen molar-refractivity contribution in [3.8, 4) is 0 Å². The van der Waals surface area contributed by atoms with E-state index in [1.54, 1.807) is 14.1 Å². The summed E-state index contributed by atoms with van der Waals surface area (Å²) in [7, 11) is 3.19. The van der Waals surface area contributed by atoms with Gasteiger partial charge in [0.05, 0.1) is 0 Å². The van der Waals surface area contributed by atoms with Crippen LogP contribution in [0, 0.1) is 5.41 Å². The normalized spacial score (nSPS) is 24.5. The number of hydrogen-bond donors (Lipinski definition) is 1. The molecule has 0 atom stereocenters. The molecule has 1 aliphatic heterocycles. The Morgan fingerprint density at radius 2 is 1.87 bits per heavy atom. The molecule has 1 saturated heterocycles. The molecule has 0 bridgehead atoms. The van der Waals surface area contributed by atoms with Gasteiger partial charge in [-0.25, -0.2) is 9.80 Å². The molecule has 0 aromatic heterocycles. The fraction of sp³-hybridized carbons (Fsp3) is 0.667. The van der Waals surface area contributed by atoms with Crippen LogP contribution in [0.2, 0.25) is 0 Å². The van der Waals surface area contributed by atoms with E-state index in [9.17, 15) is 14.4 Å². The van der Waals surface area contributed by atoms with E-state index in [1.165, 1.54) is 5.01 Å². The van der Waals surface area contributed by atoms with Gasteiger partial charge in [0, 0.05) is 14.1 Å². The molecule has 0 radical (unpaired) electrons. The summed E-state index contributed by atoms with van der Waals surface area (Å²) in [4.78, 5) is 35.0. The summed E-state index contributed by atoms with van der Waals surface area (Å²) in [6, 6.07) is -0.660. The van der Waals surface area contributed by atoms with Gasteiger partial charge in [-0.1, -0.05) is 6.42 Å². The third-order valence-corrected chi connectivity index (χ3v) is 3.06. The molecule has 6 nitrogen and oxygen atoms in total. The summed E-state index contributed by atoms with van der Waals surface area (Å²) in [5, 5.41) is 4.60. The minimum absolute atomic E-state index is 0.396. The van der Waals surface area contributed by atoms with Crippen LogP contribution < -0.4 is 5.32 Å². The van der Waals surface area contributed by atoms with Crippen molar-refractivity contribution in [1.29, 1.82) is 0 Å². The van der Waals surface area contributed by atoms with Crippen molar-refractivity contribution in [3.63, 3.8) is 0 Å². The number of hydrogen-bond acceptors (Lipinski definition) is 4. The maximum Gasteiger partial charge on any atom is 0.345 e. The maximum absolute atomic E-state index is 12.0. The van der Waals surface area contributed by atoms with Crippen LogP contribution in [0.3, 0.4) is 0 Å². The number of carbonyl (C=O) groups is 3. The first-order valence-electron chi connectivity index (χ1n) is 4.86. The molecule has 2 aliphatic rings. The van der Waals surface area contributed by atoms with Crippen molar-refractivity contribution in [3.05, 3.63) is 0 Å². The Balaban J connectivity index is 2.33. The summed E-state index contributed by atoms with van der Waals surface area (Å²) in [6.07, 6.45) is 1.93. The zero-order valence-corrected chi connectivity index (χ0v) is 8.74. The van der Waals surface area contributed by atoms with E-state index in [0.29, 0.717) is 12.8 Å². The summed E-state index contributed by atoms with van der Waals surface area (Å²) < 4.78 is 0. The zero-order valence-electron chi connectivity index (χ0n) is 8.74. The fourth-order valence-electron chi connectivity index (χ4n) is 2.00. The van der Waals surface area contributed by atoms with Crippen LogP contribution in [0.5, 0.6) is 0 Å². The quantitative estimate of drug-likeness (QED) is 0.605. The number of imide groups is 2. The van der Waals surface area contributed by atoms with Crippen LogP contribution in [-0.2, 0) is 9.59 Å². The molecular formula is C9H13N3O3. The predicted molar refractivity (Wildman–Crippen MR) is 50.4 cm³/mol. The number of carbonyl (C=O) groups excluding carboxylic acids is 3. The standard InChI is InChI=1S/C9H13N3O3/c1-11(2)12-7(14)9(4-3-5-9)6(13)10-8(12)15/h3-5H2,1-2H3,(H,10,13,15). The SMILES string of the molecule is CN(C)N1C(=O)NC(=O)C2(CCC2)C1=O. The van der Waals surface area contributed by atoms with E-state index < -0.39 is 23.3 Å². The van der Waals surface area contributed by atoms with Gasteiger partial charge in [-0.2, -0.15) is 5.01 Å². The van der Waals surface area contributed by atoms with Crippen molar-refractivity contribution in [1.82, 2.24) is 15.3 Å².